The molecule has 1 heterocycles. The van der Waals surface area contributed by atoms with Gasteiger partial charge in [-0.2, -0.15) is 13.2 Å². The van der Waals surface area contributed by atoms with E-state index in [4.69, 9.17) is 22.1 Å². The Morgan fingerprint density at radius 2 is 1.96 bits per heavy atom. The Hall–Kier alpha value is -2.01. The van der Waals surface area contributed by atoms with Crippen molar-refractivity contribution in [3.8, 4) is 5.88 Å². The molecule has 0 fully saturated rings. The third kappa shape index (κ3) is 3.52. The quantitative estimate of drug-likeness (QED) is 0.850. The van der Waals surface area contributed by atoms with E-state index in [0.29, 0.717) is 10.4 Å². The van der Waals surface area contributed by atoms with Gasteiger partial charge in [0, 0.05) is 6.54 Å². The van der Waals surface area contributed by atoms with Gasteiger partial charge in [-0.15, -0.1) is 0 Å². The zero-order valence-corrected chi connectivity index (χ0v) is 14.9. The van der Waals surface area contributed by atoms with Gasteiger partial charge in [-0.05, 0) is 13.0 Å². The van der Waals surface area contributed by atoms with Crippen LogP contribution >= 0.6 is 11.6 Å². The van der Waals surface area contributed by atoms with Gasteiger partial charge >= 0.3 is 6.18 Å². The Kier molecular flexibility index (Phi) is 4.92. The van der Waals surface area contributed by atoms with Gasteiger partial charge in [0.2, 0.25) is 10.0 Å². The molecule has 2 N–H and O–H groups in total. The molecule has 0 aliphatic heterocycles. The second-order valence-corrected chi connectivity index (χ2v) is 7.28. The second kappa shape index (κ2) is 6.37. The molecule has 2 rings (SSSR count). The van der Waals surface area contributed by atoms with Crippen LogP contribution in [0.15, 0.2) is 6.07 Å². The minimum atomic E-state index is -4.83. The Labute approximate surface area is 146 Å². The molecule has 0 unspecified atom stereocenters. The number of ether oxygens (including phenoxy) is 1. The van der Waals surface area contributed by atoms with Crippen molar-refractivity contribution in [1.82, 2.24) is 9.97 Å². The smallest absolute Gasteiger partial charge is 0.418 e. The highest BCUT2D eigenvalue weighted by molar-refractivity contribution is 7.92. The van der Waals surface area contributed by atoms with Gasteiger partial charge in [0.25, 0.3) is 5.88 Å². The van der Waals surface area contributed by atoms with E-state index in [0.717, 1.165) is 6.26 Å². The molecular weight excluding hydrogens is 385 g/mol. The minimum absolute atomic E-state index is 0.164. The number of benzene rings is 1. The van der Waals surface area contributed by atoms with Gasteiger partial charge in [0.1, 0.15) is 5.52 Å². The Morgan fingerprint density at radius 3 is 2.40 bits per heavy atom. The Morgan fingerprint density at radius 1 is 1.36 bits per heavy atom. The SMILES string of the molecule is CCN(c1c(Cl)c(C(F)(F)F)cc2nc(OC)c(N)nc12)S(C)(=O)=O. The molecule has 0 aliphatic rings. The maximum absolute atomic E-state index is 13.3. The summed E-state index contributed by atoms with van der Waals surface area (Å²) in [6.07, 6.45) is -3.98. The lowest BCUT2D eigenvalue weighted by Crippen LogP contribution is -2.30. The van der Waals surface area contributed by atoms with Gasteiger partial charge in [-0.3, -0.25) is 4.31 Å². The fourth-order valence-corrected chi connectivity index (χ4v) is 3.68. The molecule has 1 aromatic heterocycles. The largest absolute Gasteiger partial charge is 0.478 e. The molecule has 7 nitrogen and oxygen atoms in total. The van der Waals surface area contributed by atoms with Crippen LogP contribution in [0.3, 0.4) is 0 Å². The average Bonchev–Trinajstić information content (AvgIpc) is 2.47. The van der Waals surface area contributed by atoms with Crippen molar-refractivity contribution in [1.29, 1.82) is 0 Å². The first-order valence-electron chi connectivity index (χ1n) is 6.80. The van der Waals surface area contributed by atoms with Crippen molar-refractivity contribution in [2.75, 3.05) is 29.9 Å². The fraction of sp³-hybridized carbons (Fsp3) is 0.385. The molecule has 25 heavy (non-hydrogen) atoms. The van der Waals surface area contributed by atoms with E-state index in [1.165, 1.54) is 14.0 Å². The Bertz CT molecular complexity index is 934. The molecule has 138 valence electrons. The number of aromatic nitrogens is 2. The number of halogens is 4. The summed E-state index contributed by atoms with van der Waals surface area (Å²) in [7, 11) is -2.71. The highest BCUT2D eigenvalue weighted by atomic mass is 35.5. The minimum Gasteiger partial charge on any atom is -0.478 e. The summed E-state index contributed by atoms with van der Waals surface area (Å²) < 4.78 is 69.6. The summed E-state index contributed by atoms with van der Waals surface area (Å²) in [6, 6.07) is 0.673. The fourth-order valence-electron chi connectivity index (χ4n) is 2.29. The maximum atomic E-state index is 13.3. The highest BCUT2D eigenvalue weighted by Crippen LogP contribution is 2.44. The Balaban J connectivity index is 3.03. The van der Waals surface area contributed by atoms with Crippen molar-refractivity contribution >= 4 is 44.2 Å². The summed E-state index contributed by atoms with van der Waals surface area (Å²) in [5.74, 6) is -0.395. The molecule has 0 radical (unpaired) electrons. The van der Waals surface area contributed by atoms with Crippen molar-refractivity contribution < 1.29 is 26.3 Å². The predicted octanol–water partition coefficient (Wildman–Crippen LogP) is 2.68. The number of hydrogen-bond donors (Lipinski definition) is 1. The molecule has 0 amide bonds. The first-order valence-corrected chi connectivity index (χ1v) is 9.03. The number of anilines is 2. The second-order valence-electron chi connectivity index (χ2n) is 5.00. The lowest BCUT2D eigenvalue weighted by Gasteiger charge is -2.24. The number of nitrogen functional groups attached to an aromatic ring is 1. The highest BCUT2D eigenvalue weighted by Gasteiger charge is 2.37. The van der Waals surface area contributed by atoms with Crippen LogP contribution in [-0.4, -0.2) is 38.3 Å². The third-order valence-corrected chi connectivity index (χ3v) is 4.93. The van der Waals surface area contributed by atoms with E-state index < -0.39 is 32.5 Å². The number of nitrogens with two attached hydrogens (primary N) is 1. The number of fused-ring (bicyclic) bond motifs is 1. The standard InChI is InChI=1S/C13H14ClF3N4O3S/c1-4-21(25(3,22)23)10-8(14)6(13(15,16)17)5-7-9(10)20-11(18)12(19-7)24-2/h5H,4H2,1-3H3,(H2,18,20). The van der Waals surface area contributed by atoms with Gasteiger partial charge in [-0.1, -0.05) is 11.6 Å². The van der Waals surface area contributed by atoms with Crippen molar-refractivity contribution in [2.45, 2.75) is 13.1 Å². The van der Waals surface area contributed by atoms with E-state index in [1.54, 1.807) is 0 Å². The van der Waals surface area contributed by atoms with Gasteiger partial charge < -0.3 is 10.5 Å². The molecule has 0 saturated carbocycles. The van der Waals surface area contributed by atoms with Crippen LogP contribution in [0.2, 0.25) is 5.02 Å². The molecule has 12 heteroatoms. The van der Waals surface area contributed by atoms with Crippen LogP contribution in [0.1, 0.15) is 12.5 Å². The third-order valence-electron chi connectivity index (χ3n) is 3.30. The van der Waals surface area contributed by atoms with Crippen LogP contribution in [0.5, 0.6) is 5.88 Å². The van der Waals surface area contributed by atoms with E-state index in [2.05, 4.69) is 9.97 Å². The average molecular weight is 399 g/mol. The monoisotopic (exact) mass is 398 g/mol. The summed E-state index contributed by atoms with van der Waals surface area (Å²) in [5, 5.41) is -0.800. The number of rotatable bonds is 4. The number of hydrogen-bond acceptors (Lipinski definition) is 6. The predicted molar refractivity (Wildman–Crippen MR) is 88.4 cm³/mol. The van der Waals surface area contributed by atoms with E-state index in [1.807, 2.05) is 0 Å². The molecule has 0 saturated heterocycles. The van der Waals surface area contributed by atoms with E-state index >= 15 is 0 Å². The summed E-state index contributed by atoms with van der Waals surface area (Å²) in [5.41, 5.74) is 3.56. The van der Waals surface area contributed by atoms with Gasteiger partial charge in [0.05, 0.1) is 35.2 Å². The number of nitrogens with zero attached hydrogens (tertiary/aromatic N) is 3. The van der Waals surface area contributed by atoms with Crippen LogP contribution in [0, 0.1) is 0 Å². The molecule has 0 spiro atoms. The molecule has 0 bridgehead atoms. The van der Waals surface area contributed by atoms with Crippen LogP contribution in [0.4, 0.5) is 24.7 Å². The number of sulfonamides is 1. The zero-order chi connectivity index (χ0) is 19.2. The van der Waals surface area contributed by atoms with Crippen molar-refractivity contribution in [3.63, 3.8) is 0 Å². The van der Waals surface area contributed by atoms with Crippen LogP contribution in [0.25, 0.3) is 11.0 Å². The van der Waals surface area contributed by atoms with Crippen LogP contribution in [-0.2, 0) is 16.2 Å². The van der Waals surface area contributed by atoms with Crippen LogP contribution < -0.4 is 14.8 Å². The lowest BCUT2D eigenvalue weighted by atomic mass is 10.1. The molecule has 0 aliphatic carbocycles. The normalized spacial score (nSPS) is 12.4. The summed E-state index contributed by atoms with van der Waals surface area (Å²) in [4.78, 5) is 7.82. The molecule has 1 aromatic carbocycles. The molecule has 2 aromatic rings. The van der Waals surface area contributed by atoms with E-state index in [9.17, 15) is 21.6 Å². The summed E-state index contributed by atoms with van der Waals surface area (Å²) in [6.45, 7) is 1.28. The lowest BCUT2D eigenvalue weighted by molar-refractivity contribution is -0.137. The van der Waals surface area contributed by atoms with Crippen molar-refractivity contribution in [2.24, 2.45) is 0 Å². The van der Waals surface area contributed by atoms with Gasteiger partial charge in [0.15, 0.2) is 5.82 Å². The topological polar surface area (TPSA) is 98.4 Å². The van der Waals surface area contributed by atoms with E-state index in [-0.39, 0.29) is 29.3 Å². The number of methoxy groups -OCH3 is 1. The molecule has 0 atom stereocenters. The number of alkyl halides is 3. The summed E-state index contributed by atoms with van der Waals surface area (Å²) >= 11 is 5.91. The first-order chi connectivity index (χ1) is 11.4. The first kappa shape index (κ1) is 19.3. The van der Waals surface area contributed by atoms with Gasteiger partial charge in [-0.25, -0.2) is 18.4 Å². The maximum Gasteiger partial charge on any atom is 0.418 e. The molecular formula is C13H14ClF3N4O3S. The van der Waals surface area contributed by atoms with Crippen molar-refractivity contribution in [3.05, 3.63) is 16.7 Å². The zero-order valence-electron chi connectivity index (χ0n) is 13.3.